The Morgan fingerprint density at radius 1 is 1.68 bits per heavy atom. The van der Waals surface area contributed by atoms with Gasteiger partial charge in [0.05, 0.1) is 5.56 Å². The number of likely N-dealkylation sites (tertiary alicyclic amines) is 1. The first-order valence-electron chi connectivity index (χ1n) is 6.25. The lowest BCUT2D eigenvalue weighted by Gasteiger charge is -2.13. The van der Waals surface area contributed by atoms with Gasteiger partial charge in [0.2, 0.25) is 0 Å². The molecule has 1 aromatic rings. The van der Waals surface area contributed by atoms with Crippen molar-refractivity contribution < 1.29 is 9.90 Å². The zero-order valence-corrected chi connectivity index (χ0v) is 10.9. The van der Waals surface area contributed by atoms with Crippen LogP contribution in [0.15, 0.2) is 18.3 Å². The molecule has 0 saturated carbocycles. The van der Waals surface area contributed by atoms with Gasteiger partial charge in [0.25, 0.3) is 5.91 Å². The number of amides is 1. The molecular formula is C14H17N3O2. The van der Waals surface area contributed by atoms with Gasteiger partial charge < -0.3 is 15.3 Å². The van der Waals surface area contributed by atoms with Crippen LogP contribution in [0.1, 0.15) is 22.5 Å². The first-order valence-corrected chi connectivity index (χ1v) is 6.25. The van der Waals surface area contributed by atoms with E-state index in [1.807, 2.05) is 7.05 Å². The highest BCUT2D eigenvalue weighted by Crippen LogP contribution is 2.09. The molecule has 5 heteroatoms. The molecule has 1 aliphatic rings. The smallest absolute Gasteiger partial charge is 0.271 e. The van der Waals surface area contributed by atoms with E-state index in [0.717, 1.165) is 19.5 Å². The van der Waals surface area contributed by atoms with Crippen LogP contribution in [0.25, 0.3) is 0 Å². The zero-order valence-electron chi connectivity index (χ0n) is 10.9. The Hall–Kier alpha value is -1.90. The molecule has 0 spiro atoms. The number of nitrogens with one attached hydrogen (secondary N) is 1. The van der Waals surface area contributed by atoms with Crippen molar-refractivity contribution in [3.8, 4) is 11.8 Å². The van der Waals surface area contributed by atoms with Crippen LogP contribution in [0.5, 0.6) is 0 Å². The van der Waals surface area contributed by atoms with Crippen LogP contribution in [0, 0.1) is 11.8 Å². The fourth-order valence-corrected chi connectivity index (χ4v) is 2.13. The topological polar surface area (TPSA) is 65.5 Å². The second kappa shape index (κ2) is 6.32. The van der Waals surface area contributed by atoms with Crippen molar-refractivity contribution in [2.75, 3.05) is 26.7 Å². The molecule has 1 atom stereocenters. The van der Waals surface area contributed by atoms with Gasteiger partial charge in [0, 0.05) is 18.8 Å². The van der Waals surface area contributed by atoms with Crippen molar-refractivity contribution >= 4 is 5.91 Å². The highest BCUT2D eigenvalue weighted by Gasteiger charge is 2.22. The van der Waals surface area contributed by atoms with E-state index in [-0.39, 0.29) is 18.6 Å². The molecule has 1 aromatic heterocycles. The largest absolute Gasteiger partial charge is 0.384 e. The number of nitrogens with zero attached hydrogens (tertiary/aromatic N) is 2. The lowest BCUT2D eigenvalue weighted by atomic mass is 10.1. The van der Waals surface area contributed by atoms with Crippen LogP contribution in [0.4, 0.5) is 0 Å². The van der Waals surface area contributed by atoms with Gasteiger partial charge >= 0.3 is 0 Å². The van der Waals surface area contributed by atoms with Crippen LogP contribution in [0.3, 0.4) is 0 Å². The second-order valence-electron chi connectivity index (χ2n) is 4.58. The molecule has 1 aliphatic heterocycles. The number of hydrogen-bond acceptors (Lipinski definition) is 4. The Labute approximate surface area is 112 Å². The van der Waals surface area contributed by atoms with Crippen LogP contribution in [-0.2, 0) is 0 Å². The Morgan fingerprint density at radius 2 is 2.53 bits per heavy atom. The first kappa shape index (κ1) is 13.5. The number of likely N-dealkylation sites (N-methyl/N-ethyl adjacent to an activating group) is 1. The normalized spacial score (nSPS) is 18.7. The van der Waals surface area contributed by atoms with E-state index in [1.54, 1.807) is 18.3 Å². The Balaban J connectivity index is 2.10. The van der Waals surface area contributed by atoms with E-state index in [1.165, 1.54) is 0 Å². The molecule has 2 rings (SSSR count). The van der Waals surface area contributed by atoms with E-state index in [0.29, 0.717) is 11.3 Å². The summed E-state index contributed by atoms with van der Waals surface area (Å²) < 4.78 is 0. The summed E-state index contributed by atoms with van der Waals surface area (Å²) in [4.78, 5) is 18.4. The number of hydrogen-bond donors (Lipinski definition) is 2. The van der Waals surface area contributed by atoms with Gasteiger partial charge in [-0.3, -0.25) is 4.79 Å². The fraction of sp³-hybridized carbons (Fsp3) is 0.429. The number of carbonyl (C=O) groups is 1. The van der Waals surface area contributed by atoms with Crippen LogP contribution in [0.2, 0.25) is 0 Å². The molecule has 0 aliphatic carbocycles. The number of carbonyl (C=O) groups excluding carboxylic acids is 1. The summed E-state index contributed by atoms with van der Waals surface area (Å²) in [5, 5.41) is 11.7. The second-order valence-corrected chi connectivity index (χ2v) is 4.58. The van der Waals surface area contributed by atoms with Crippen molar-refractivity contribution in [3.63, 3.8) is 0 Å². The quantitative estimate of drug-likeness (QED) is 0.726. The summed E-state index contributed by atoms with van der Waals surface area (Å²) >= 11 is 0. The minimum Gasteiger partial charge on any atom is -0.384 e. The fourth-order valence-electron chi connectivity index (χ4n) is 2.13. The molecule has 0 bridgehead atoms. The maximum Gasteiger partial charge on any atom is 0.271 e. The Bertz CT molecular complexity index is 519. The van der Waals surface area contributed by atoms with Gasteiger partial charge in [-0.1, -0.05) is 11.8 Å². The molecule has 2 heterocycles. The van der Waals surface area contributed by atoms with Crippen LogP contribution >= 0.6 is 0 Å². The molecule has 100 valence electrons. The molecule has 2 N–H and O–H groups in total. The van der Waals surface area contributed by atoms with E-state index in [2.05, 4.69) is 27.0 Å². The minimum atomic E-state index is -0.233. The number of aliphatic hydroxyl groups is 1. The molecule has 5 nitrogen and oxygen atoms in total. The minimum absolute atomic E-state index is 0.165. The highest BCUT2D eigenvalue weighted by molar-refractivity contribution is 5.94. The third kappa shape index (κ3) is 3.53. The summed E-state index contributed by atoms with van der Waals surface area (Å²) in [6.45, 7) is 1.62. The Morgan fingerprint density at radius 3 is 3.21 bits per heavy atom. The highest BCUT2D eigenvalue weighted by atomic mass is 16.2. The molecule has 0 aromatic carbocycles. The zero-order chi connectivity index (χ0) is 13.7. The van der Waals surface area contributed by atoms with Crippen molar-refractivity contribution in [1.82, 2.24) is 15.2 Å². The van der Waals surface area contributed by atoms with E-state index < -0.39 is 0 Å². The van der Waals surface area contributed by atoms with Gasteiger partial charge in [0.1, 0.15) is 12.3 Å². The molecule has 1 unspecified atom stereocenters. The summed E-state index contributed by atoms with van der Waals surface area (Å²) in [5.74, 6) is 5.08. The Kier molecular flexibility index (Phi) is 4.50. The molecule has 1 amide bonds. The molecule has 1 saturated heterocycles. The maximum absolute atomic E-state index is 12.2. The lowest BCUT2D eigenvalue weighted by molar-refractivity contribution is 0.0933. The van der Waals surface area contributed by atoms with Crippen LogP contribution in [-0.4, -0.2) is 53.7 Å². The first-order chi connectivity index (χ1) is 9.20. The predicted molar refractivity (Wildman–Crippen MR) is 71.6 cm³/mol. The standard InChI is InChI=1S/C14H17N3O2/c1-17-8-6-12(10-17)16-14(19)13-11(5-3-9-18)4-2-7-15-13/h2,4,7,12,18H,6,8-10H2,1H3,(H,16,19). The lowest BCUT2D eigenvalue weighted by Crippen LogP contribution is -2.37. The average molecular weight is 259 g/mol. The SMILES string of the molecule is CN1CCC(NC(=O)c2ncccc2C#CCO)C1. The average Bonchev–Trinajstić information content (AvgIpc) is 2.82. The monoisotopic (exact) mass is 259 g/mol. The van der Waals surface area contributed by atoms with Gasteiger partial charge in [0.15, 0.2) is 0 Å². The van der Waals surface area contributed by atoms with Crippen molar-refractivity contribution in [1.29, 1.82) is 0 Å². The number of aliphatic hydroxyl groups excluding tert-OH is 1. The van der Waals surface area contributed by atoms with Gasteiger partial charge in [-0.2, -0.15) is 0 Å². The predicted octanol–water partition coefficient (Wildman–Crippen LogP) is -0.141. The summed E-state index contributed by atoms with van der Waals surface area (Å²) in [6, 6.07) is 3.62. The number of rotatable bonds is 2. The molecular weight excluding hydrogens is 242 g/mol. The molecule has 1 fully saturated rings. The summed E-state index contributed by atoms with van der Waals surface area (Å²) in [5.41, 5.74) is 0.860. The summed E-state index contributed by atoms with van der Waals surface area (Å²) in [6.07, 6.45) is 2.52. The number of pyridine rings is 1. The van der Waals surface area contributed by atoms with Gasteiger partial charge in [-0.05, 0) is 32.1 Å². The molecule has 0 radical (unpaired) electrons. The van der Waals surface area contributed by atoms with Crippen LogP contribution < -0.4 is 5.32 Å². The molecule has 19 heavy (non-hydrogen) atoms. The van der Waals surface area contributed by atoms with Gasteiger partial charge in [-0.15, -0.1) is 0 Å². The van der Waals surface area contributed by atoms with Crippen molar-refractivity contribution in [3.05, 3.63) is 29.6 Å². The van der Waals surface area contributed by atoms with Gasteiger partial charge in [-0.25, -0.2) is 4.98 Å². The summed E-state index contributed by atoms with van der Waals surface area (Å²) in [7, 11) is 2.03. The van der Waals surface area contributed by atoms with Crippen molar-refractivity contribution in [2.45, 2.75) is 12.5 Å². The van der Waals surface area contributed by atoms with E-state index in [9.17, 15) is 4.79 Å². The maximum atomic E-state index is 12.2. The van der Waals surface area contributed by atoms with E-state index >= 15 is 0 Å². The third-order valence-corrected chi connectivity index (χ3v) is 3.05. The third-order valence-electron chi connectivity index (χ3n) is 3.05. The number of aromatic nitrogens is 1. The van der Waals surface area contributed by atoms with E-state index in [4.69, 9.17) is 5.11 Å². The van der Waals surface area contributed by atoms with Crippen molar-refractivity contribution in [2.24, 2.45) is 0 Å².